The number of carbonyl (C=O) groups excluding carboxylic acids is 1. The van der Waals surface area contributed by atoms with E-state index < -0.39 is 0 Å². The largest absolute Gasteiger partial charge is 0.364 e. The van der Waals surface area contributed by atoms with Crippen LogP contribution in [0.2, 0.25) is 0 Å². The fourth-order valence-electron chi connectivity index (χ4n) is 0.717. The SMILES string of the molecule is Br.Cn1cccc1C(N)=O. The fraction of sp³-hybridized carbons (Fsp3) is 0.167. The van der Waals surface area contributed by atoms with E-state index >= 15 is 0 Å². The van der Waals surface area contributed by atoms with Gasteiger partial charge in [-0.25, -0.2) is 0 Å². The second-order valence-corrected chi connectivity index (χ2v) is 1.87. The molecule has 1 heterocycles. The molecule has 0 fully saturated rings. The lowest BCUT2D eigenvalue weighted by Crippen LogP contribution is -2.14. The summed E-state index contributed by atoms with van der Waals surface area (Å²) in [6.07, 6.45) is 1.78. The molecular formula is C6H9BrN2O. The van der Waals surface area contributed by atoms with Crippen LogP contribution in [0.25, 0.3) is 0 Å². The Balaban J connectivity index is 0.000000810. The number of carbonyl (C=O) groups is 1. The summed E-state index contributed by atoms with van der Waals surface area (Å²) in [7, 11) is 1.78. The standard InChI is InChI=1S/C6H8N2O.BrH/c1-8-4-2-3-5(8)6(7)9;/h2-4H,1H3,(H2,7,9);1H. The molecule has 0 bridgehead atoms. The van der Waals surface area contributed by atoms with Gasteiger partial charge in [-0.2, -0.15) is 0 Å². The maximum atomic E-state index is 10.5. The maximum absolute atomic E-state index is 10.5. The monoisotopic (exact) mass is 204 g/mol. The van der Waals surface area contributed by atoms with E-state index in [1.807, 2.05) is 0 Å². The van der Waals surface area contributed by atoms with Gasteiger partial charge in [0.15, 0.2) is 0 Å². The zero-order valence-electron chi connectivity index (χ0n) is 5.57. The molecular weight excluding hydrogens is 196 g/mol. The summed E-state index contributed by atoms with van der Waals surface area (Å²) in [6.45, 7) is 0. The third-order valence-electron chi connectivity index (χ3n) is 1.20. The minimum Gasteiger partial charge on any atom is -0.364 e. The highest BCUT2D eigenvalue weighted by Crippen LogP contribution is 1.96. The Morgan fingerprint density at radius 3 is 2.50 bits per heavy atom. The highest BCUT2D eigenvalue weighted by molar-refractivity contribution is 8.93. The molecule has 0 aromatic carbocycles. The van der Waals surface area contributed by atoms with Crippen LogP contribution in [-0.2, 0) is 7.05 Å². The Morgan fingerprint density at radius 2 is 2.30 bits per heavy atom. The van der Waals surface area contributed by atoms with Crippen LogP contribution in [-0.4, -0.2) is 10.5 Å². The van der Waals surface area contributed by atoms with Gasteiger partial charge in [0.05, 0.1) is 0 Å². The lowest BCUT2D eigenvalue weighted by molar-refractivity contribution is 0.0992. The maximum Gasteiger partial charge on any atom is 0.265 e. The average Bonchev–Trinajstić information content (AvgIpc) is 2.13. The van der Waals surface area contributed by atoms with Crippen LogP contribution in [0.4, 0.5) is 0 Å². The third kappa shape index (κ3) is 1.60. The van der Waals surface area contributed by atoms with Crippen LogP contribution in [0.3, 0.4) is 0 Å². The van der Waals surface area contributed by atoms with Crippen LogP contribution in [0.1, 0.15) is 10.5 Å². The van der Waals surface area contributed by atoms with Gasteiger partial charge in [-0.1, -0.05) is 0 Å². The Morgan fingerprint density at radius 1 is 1.70 bits per heavy atom. The van der Waals surface area contributed by atoms with Crippen molar-refractivity contribution in [2.45, 2.75) is 0 Å². The van der Waals surface area contributed by atoms with E-state index in [9.17, 15) is 4.79 Å². The first-order valence-corrected chi connectivity index (χ1v) is 2.63. The Labute approximate surface area is 69.6 Å². The normalized spacial score (nSPS) is 8.50. The van der Waals surface area contributed by atoms with Gasteiger partial charge in [-0.3, -0.25) is 4.79 Å². The predicted octanol–water partition coefficient (Wildman–Crippen LogP) is 0.702. The van der Waals surface area contributed by atoms with Crippen LogP contribution in [0.5, 0.6) is 0 Å². The topological polar surface area (TPSA) is 48.0 Å². The summed E-state index contributed by atoms with van der Waals surface area (Å²) in [5, 5.41) is 0. The van der Waals surface area contributed by atoms with Crippen molar-refractivity contribution in [2.75, 3.05) is 0 Å². The van der Waals surface area contributed by atoms with E-state index in [4.69, 9.17) is 5.73 Å². The minimum absolute atomic E-state index is 0. The van der Waals surface area contributed by atoms with Crippen molar-refractivity contribution < 1.29 is 4.79 Å². The molecule has 0 spiro atoms. The molecule has 0 unspecified atom stereocenters. The molecule has 0 aliphatic carbocycles. The highest BCUT2D eigenvalue weighted by atomic mass is 79.9. The van der Waals surface area contributed by atoms with Crippen molar-refractivity contribution in [3.8, 4) is 0 Å². The molecule has 0 saturated heterocycles. The highest BCUT2D eigenvalue weighted by Gasteiger charge is 2.00. The quantitative estimate of drug-likeness (QED) is 0.720. The molecule has 1 aromatic heterocycles. The second-order valence-electron chi connectivity index (χ2n) is 1.87. The van der Waals surface area contributed by atoms with Gasteiger partial charge in [0.25, 0.3) is 5.91 Å². The molecule has 0 aliphatic rings. The van der Waals surface area contributed by atoms with Gasteiger partial charge in [-0.05, 0) is 12.1 Å². The lowest BCUT2D eigenvalue weighted by Gasteiger charge is -1.94. The van der Waals surface area contributed by atoms with E-state index in [0.717, 1.165) is 0 Å². The van der Waals surface area contributed by atoms with Crippen molar-refractivity contribution >= 4 is 22.9 Å². The molecule has 56 valence electrons. The summed E-state index contributed by atoms with van der Waals surface area (Å²) in [5.41, 5.74) is 5.54. The van der Waals surface area contributed by atoms with E-state index in [1.54, 1.807) is 29.9 Å². The van der Waals surface area contributed by atoms with Gasteiger partial charge >= 0.3 is 0 Å². The molecule has 3 nitrogen and oxygen atoms in total. The first-order valence-electron chi connectivity index (χ1n) is 2.63. The van der Waals surface area contributed by atoms with Crippen molar-refractivity contribution in [3.05, 3.63) is 24.0 Å². The first-order chi connectivity index (χ1) is 4.22. The van der Waals surface area contributed by atoms with Crippen LogP contribution in [0, 0.1) is 0 Å². The smallest absolute Gasteiger partial charge is 0.265 e. The molecule has 10 heavy (non-hydrogen) atoms. The number of nitrogens with two attached hydrogens (primary N) is 1. The number of aryl methyl sites for hydroxylation is 1. The molecule has 0 atom stereocenters. The van der Waals surface area contributed by atoms with Crippen molar-refractivity contribution in [1.29, 1.82) is 0 Å². The predicted molar refractivity (Wildman–Crippen MR) is 44.3 cm³/mol. The molecule has 0 aliphatic heterocycles. The summed E-state index contributed by atoms with van der Waals surface area (Å²) >= 11 is 0. The third-order valence-corrected chi connectivity index (χ3v) is 1.20. The van der Waals surface area contributed by atoms with E-state index in [-0.39, 0.29) is 22.9 Å². The average molecular weight is 205 g/mol. The van der Waals surface area contributed by atoms with Gasteiger partial charge < -0.3 is 10.3 Å². The van der Waals surface area contributed by atoms with Crippen molar-refractivity contribution in [2.24, 2.45) is 12.8 Å². The molecule has 0 saturated carbocycles. The summed E-state index contributed by atoms with van der Waals surface area (Å²) in [5.74, 6) is -0.387. The molecule has 1 amide bonds. The second kappa shape index (κ2) is 3.41. The van der Waals surface area contributed by atoms with Crippen LogP contribution < -0.4 is 5.73 Å². The number of rotatable bonds is 1. The zero-order chi connectivity index (χ0) is 6.85. The zero-order valence-corrected chi connectivity index (χ0v) is 7.29. The fourth-order valence-corrected chi connectivity index (χ4v) is 0.717. The van der Waals surface area contributed by atoms with E-state index in [1.165, 1.54) is 0 Å². The van der Waals surface area contributed by atoms with Gasteiger partial charge in [0.1, 0.15) is 5.69 Å². The van der Waals surface area contributed by atoms with Crippen LogP contribution in [0.15, 0.2) is 18.3 Å². The molecule has 1 rings (SSSR count). The summed E-state index contributed by atoms with van der Waals surface area (Å²) in [6, 6.07) is 3.46. The number of hydrogen-bond acceptors (Lipinski definition) is 1. The summed E-state index contributed by atoms with van der Waals surface area (Å²) < 4.78 is 1.68. The Kier molecular flexibility index (Phi) is 3.15. The molecule has 0 radical (unpaired) electrons. The first kappa shape index (κ1) is 9.23. The number of halogens is 1. The Bertz CT molecular complexity index is 231. The van der Waals surface area contributed by atoms with Gasteiger partial charge in [-0.15, -0.1) is 17.0 Å². The number of hydrogen-bond donors (Lipinski definition) is 1. The van der Waals surface area contributed by atoms with E-state index in [0.29, 0.717) is 5.69 Å². The van der Waals surface area contributed by atoms with Crippen molar-refractivity contribution in [1.82, 2.24) is 4.57 Å². The van der Waals surface area contributed by atoms with Gasteiger partial charge in [0.2, 0.25) is 0 Å². The number of amides is 1. The van der Waals surface area contributed by atoms with E-state index in [2.05, 4.69) is 0 Å². The van der Waals surface area contributed by atoms with Crippen molar-refractivity contribution in [3.63, 3.8) is 0 Å². The molecule has 2 N–H and O–H groups in total. The number of primary amides is 1. The van der Waals surface area contributed by atoms with Crippen LogP contribution >= 0.6 is 17.0 Å². The lowest BCUT2D eigenvalue weighted by atomic mass is 10.4. The summed E-state index contributed by atoms with van der Waals surface area (Å²) in [4.78, 5) is 10.5. The molecule has 1 aromatic rings. The minimum atomic E-state index is -0.387. The number of nitrogens with zero attached hydrogens (tertiary/aromatic N) is 1. The number of aromatic nitrogens is 1. The Hall–Kier alpha value is -0.770. The van der Waals surface area contributed by atoms with Gasteiger partial charge in [0, 0.05) is 13.2 Å². The molecule has 4 heteroatoms.